The largest absolute Gasteiger partial charge is 0.458 e. The second kappa shape index (κ2) is 4.97. The minimum atomic E-state index is -1.26. The Hall–Kier alpha value is -2.20. The number of benzene rings is 2. The van der Waals surface area contributed by atoms with E-state index in [1.54, 1.807) is 25.1 Å². The summed E-state index contributed by atoms with van der Waals surface area (Å²) in [6.07, 6.45) is 0.273. The first-order valence-corrected chi connectivity index (χ1v) is 6.60. The lowest BCUT2D eigenvalue weighted by Crippen LogP contribution is -2.23. The molecule has 0 aliphatic rings. The number of furan rings is 1. The monoisotopic (exact) mass is 288 g/mol. The molecule has 0 spiro atoms. The van der Waals surface area contributed by atoms with Crippen molar-refractivity contribution in [3.05, 3.63) is 71.5 Å². The first kappa shape index (κ1) is 13.8. The van der Waals surface area contributed by atoms with E-state index in [-0.39, 0.29) is 18.1 Å². The Morgan fingerprint density at radius 2 is 1.67 bits per heavy atom. The summed E-state index contributed by atoms with van der Waals surface area (Å²) in [6.45, 7) is 1.62. The Labute approximate surface area is 120 Å². The van der Waals surface area contributed by atoms with Gasteiger partial charge in [0, 0.05) is 11.8 Å². The zero-order valence-corrected chi connectivity index (χ0v) is 11.4. The van der Waals surface area contributed by atoms with E-state index in [4.69, 9.17) is 4.42 Å². The van der Waals surface area contributed by atoms with Crippen molar-refractivity contribution in [3.8, 4) is 0 Å². The molecule has 0 fully saturated rings. The molecule has 0 saturated carbocycles. The van der Waals surface area contributed by atoms with Crippen LogP contribution in [0.25, 0.3) is 11.0 Å². The SMILES string of the molecule is CC(O)(Cc1ccc(F)cc1)c1cc2cc(F)ccc2o1. The summed E-state index contributed by atoms with van der Waals surface area (Å²) < 4.78 is 31.7. The predicted molar refractivity (Wildman–Crippen MR) is 75.8 cm³/mol. The summed E-state index contributed by atoms with van der Waals surface area (Å²) in [6, 6.07) is 11.8. The van der Waals surface area contributed by atoms with E-state index in [9.17, 15) is 13.9 Å². The molecule has 4 heteroatoms. The molecule has 0 aliphatic carbocycles. The molecule has 1 unspecified atom stereocenters. The Morgan fingerprint density at radius 1 is 1.00 bits per heavy atom. The van der Waals surface area contributed by atoms with E-state index in [0.717, 1.165) is 5.56 Å². The van der Waals surface area contributed by atoms with Crippen LogP contribution < -0.4 is 0 Å². The van der Waals surface area contributed by atoms with Crippen molar-refractivity contribution >= 4 is 11.0 Å². The molecule has 108 valence electrons. The number of halogens is 2. The molecule has 3 rings (SSSR count). The van der Waals surface area contributed by atoms with Crippen molar-refractivity contribution < 1.29 is 18.3 Å². The molecule has 1 heterocycles. The third kappa shape index (κ3) is 2.81. The van der Waals surface area contributed by atoms with E-state index in [1.165, 1.54) is 30.3 Å². The van der Waals surface area contributed by atoms with Crippen LogP contribution in [0.5, 0.6) is 0 Å². The van der Waals surface area contributed by atoms with Gasteiger partial charge in [0.25, 0.3) is 0 Å². The van der Waals surface area contributed by atoms with Gasteiger partial charge < -0.3 is 9.52 Å². The molecule has 1 atom stereocenters. The lowest BCUT2D eigenvalue weighted by molar-refractivity contribution is 0.0360. The van der Waals surface area contributed by atoms with Crippen LogP contribution in [-0.4, -0.2) is 5.11 Å². The van der Waals surface area contributed by atoms with Crippen LogP contribution in [0, 0.1) is 11.6 Å². The van der Waals surface area contributed by atoms with Gasteiger partial charge in [0.15, 0.2) is 0 Å². The third-order valence-corrected chi connectivity index (χ3v) is 3.47. The molecule has 21 heavy (non-hydrogen) atoms. The molecular weight excluding hydrogens is 274 g/mol. The lowest BCUT2D eigenvalue weighted by Gasteiger charge is -2.20. The number of fused-ring (bicyclic) bond motifs is 1. The smallest absolute Gasteiger partial charge is 0.136 e. The molecule has 0 saturated heterocycles. The average molecular weight is 288 g/mol. The molecule has 0 aliphatic heterocycles. The fourth-order valence-electron chi connectivity index (χ4n) is 2.37. The molecule has 1 N–H and O–H groups in total. The highest BCUT2D eigenvalue weighted by Crippen LogP contribution is 2.31. The van der Waals surface area contributed by atoms with Gasteiger partial charge in [-0.05, 0) is 48.9 Å². The van der Waals surface area contributed by atoms with Gasteiger partial charge in [-0.1, -0.05) is 12.1 Å². The van der Waals surface area contributed by atoms with Gasteiger partial charge in [0.1, 0.15) is 28.6 Å². The maximum absolute atomic E-state index is 13.2. The van der Waals surface area contributed by atoms with Gasteiger partial charge in [-0.3, -0.25) is 0 Å². The third-order valence-electron chi connectivity index (χ3n) is 3.47. The van der Waals surface area contributed by atoms with Crippen LogP contribution in [0.1, 0.15) is 18.2 Å². The minimum absolute atomic E-state index is 0.273. The van der Waals surface area contributed by atoms with Crippen molar-refractivity contribution in [1.29, 1.82) is 0 Å². The number of rotatable bonds is 3. The highest BCUT2D eigenvalue weighted by Gasteiger charge is 2.28. The van der Waals surface area contributed by atoms with Crippen molar-refractivity contribution in [2.75, 3.05) is 0 Å². The van der Waals surface area contributed by atoms with Gasteiger partial charge in [-0.25, -0.2) is 8.78 Å². The molecular formula is C17H14F2O2. The molecule has 3 aromatic rings. The first-order valence-electron chi connectivity index (χ1n) is 6.60. The zero-order valence-electron chi connectivity index (χ0n) is 11.4. The van der Waals surface area contributed by atoms with E-state index in [2.05, 4.69) is 0 Å². The van der Waals surface area contributed by atoms with Crippen LogP contribution in [-0.2, 0) is 12.0 Å². The van der Waals surface area contributed by atoms with E-state index in [0.29, 0.717) is 16.7 Å². The Balaban J connectivity index is 1.93. The number of hydrogen-bond acceptors (Lipinski definition) is 2. The summed E-state index contributed by atoms with van der Waals surface area (Å²) >= 11 is 0. The van der Waals surface area contributed by atoms with Gasteiger partial charge in [0.05, 0.1) is 0 Å². The second-order valence-corrected chi connectivity index (χ2v) is 5.37. The van der Waals surface area contributed by atoms with Gasteiger partial charge in [0.2, 0.25) is 0 Å². The molecule has 1 aromatic heterocycles. The zero-order chi connectivity index (χ0) is 15.0. The fourth-order valence-corrected chi connectivity index (χ4v) is 2.37. The van der Waals surface area contributed by atoms with Crippen LogP contribution >= 0.6 is 0 Å². The van der Waals surface area contributed by atoms with Crippen molar-refractivity contribution in [2.45, 2.75) is 18.9 Å². The van der Waals surface area contributed by atoms with Crippen LogP contribution in [0.3, 0.4) is 0 Å². The van der Waals surface area contributed by atoms with Crippen molar-refractivity contribution in [2.24, 2.45) is 0 Å². The molecule has 0 amide bonds. The first-order chi connectivity index (χ1) is 9.94. The summed E-state index contributed by atoms with van der Waals surface area (Å²) in [5.41, 5.74) is 0.0478. The molecule has 0 radical (unpaired) electrons. The minimum Gasteiger partial charge on any atom is -0.458 e. The van der Waals surface area contributed by atoms with Crippen LogP contribution in [0.4, 0.5) is 8.78 Å². The Kier molecular flexibility index (Phi) is 3.26. The molecule has 2 nitrogen and oxygen atoms in total. The summed E-state index contributed by atoms with van der Waals surface area (Å²) in [7, 11) is 0. The maximum atomic E-state index is 13.2. The molecule has 2 aromatic carbocycles. The van der Waals surface area contributed by atoms with Gasteiger partial charge in [-0.15, -0.1) is 0 Å². The number of hydrogen-bond donors (Lipinski definition) is 1. The maximum Gasteiger partial charge on any atom is 0.136 e. The standard InChI is InChI=1S/C17H14F2O2/c1-17(20,10-11-2-4-13(18)5-3-11)16-9-12-8-14(19)6-7-15(12)21-16/h2-9,20H,10H2,1H3. The quantitative estimate of drug-likeness (QED) is 0.785. The summed E-state index contributed by atoms with van der Waals surface area (Å²) in [4.78, 5) is 0. The Morgan fingerprint density at radius 3 is 2.38 bits per heavy atom. The summed E-state index contributed by atoms with van der Waals surface area (Å²) in [5, 5.41) is 11.2. The summed E-state index contributed by atoms with van der Waals surface area (Å²) in [5.74, 6) is -0.321. The van der Waals surface area contributed by atoms with Crippen LogP contribution in [0.2, 0.25) is 0 Å². The lowest BCUT2D eigenvalue weighted by atomic mass is 9.94. The van der Waals surface area contributed by atoms with E-state index in [1.807, 2.05) is 0 Å². The number of aliphatic hydroxyl groups is 1. The predicted octanol–water partition coefficient (Wildman–Crippen LogP) is 4.16. The van der Waals surface area contributed by atoms with Gasteiger partial charge in [-0.2, -0.15) is 0 Å². The molecule has 0 bridgehead atoms. The van der Waals surface area contributed by atoms with E-state index >= 15 is 0 Å². The average Bonchev–Trinajstić information content (AvgIpc) is 2.85. The van der Waals surface area contributed by atoms with Gasteiger partial charge >= 0.3 is 0 Å². The van der Waals surface area contributed by atoms with E-state index < -0.39 is 5.60 Å². The fraction of sp³-hybridized carbons (Fsp3) is 0.176. The topological polar surface area (TPSA) is 33.4 Å². The van der Waals surface area contributed by atoms with Crippen molar-refractivity contribution in [3.63, 3.8) is 0 Å². The highest BCUT2D eigenvalue weighted by molar-refractivity contribution is 5.78. The Bertz CT molecular complexity index is 773. The van der Waals surface area contributed by atoms with Crippen LogP contribution in [0.15, 0.2) is 52.9 Å². The second-order valence-electron chi connectivity index (χ2n) is 5.37. The highest BCUT2D eigenvalue weighted by atomic mass is 19.1. The van der Waals surface area contributed by atoms with Crippen molar-refractivity contribution in [1.82, 2.24) is 0 Å². The normalized spacial score (nSPS) is 14.3.